The number of benzene rings is 2. The number of aromatic nitrogens is 1. The quantitative estimate of drug-likeness (QED) is 0.471. The molecule has 8 heteroatoms. The average molecular weight is 476 g/mol. The van der Waals surface area contributed by atoms with Gasteiger partial charge in [0.2, 0.25) is 10.0 Å². The van der Waals surface area contributed by atoms with E-state index in [9.17, 15) is 13.2 Å². The lowest BCUT2D eigenvalue weighted by Crippen LogP contribution is -2.49. The number of rotatable bonds is 5. The summed E-state index contributed by atoms with van der Waals surface area (Å²) in [6.45, 7) is 1.78. The predicted molar refractivity (Wildman–Crippen MR) is 130 cm³/mol. The number of anilines is 1. The van der Waals surface area contributed by atoms with Crippen LogP contribution in [0.1, 0.15) is 23.8 Å². The molecule has 0 aliphatic carbocycles. The maximum atomic E-state index is 13.3. The van der Waals surface area contributed by atoms with Crippen LogP contribution in [0.25, 0.3) is 11.0 Å². The van der Waals surface area contributed by atoms with Crippen LogP contribution in [0.3, 0.4) is 0 Å². The number of pyridine rings is 1. The molecule has 4 aromatic rings. The number of furan rings is 1. The molecule has 2 aliphatic rings. The average Bonchev–Trinajstić information content (AvgIpc) is 3.27. The Balaban J connectivity index is 1.31. The van der Waals surface area contributed by atoms with Crippen LogP contribution >= 0.6 is 0 Å². The fraction of sp³-hybridized carbons (Fsp3) is 0.269. The van der Waals surface area contributed by atoms with Crippen molar-refractivity contribution in [3.8, 4) is 0 Å². The number of nitrogens with one attached hydrogen (secondary N) is 1. The maximum absolute atomic E-state index is 13.3. The number of hydrogen-bond acceptors (Lipinski definition) is 5. The smallest absolute Gasteiger partial charge is 0.250 e. The molecular formula is C26H25N3O4S. The largest absolute Gasteiger partial charge is 0.459 e. The van der Waals surface area contributed by atoms with Crippen LogP contribution in [0.5, 0.6) is 0 Å². The Bertz CT molecular complexity index is 1490. The third kappa shape index (κ3) is 3.63. The lowest BCUT2D eigenvalue weighted by molar-refractivity contribution is 0.187. The van der Waals surface area contributed by atoms with Crippen molar-refractivity contribution in [3.05, 3.63) is 94.6 Å². The minimum absolute atomic E-state index is 0.0432. The summed E-state index contributed by atoms with van der Waals surface area (Å²) in [5, 5.41) is 4.49. The molecule has 2 aromatic heterocycles. The fourth-order valence-electron chi connectivity index (χ4n) is 5.36. The highest BCUT2D eigenvalue weighted by atomic mass is 32.2. The fourth-order valence-corrected chi connectivity index (χ4v) is 6.95. The van der Waals surface area contributed by atoms with E-state index in [0.29, 0.717) is 31.1 Å². The van der Waals surface area contributed by atoms with Gasteiger partial charge >= 0.3 is 0 Å². The second-order valence-electron chi connectivity index (χ2n) is 9.12. The van der Waals surface area contributed by atoms with E-state index in [0.717, 1.165) is 34.5 Å². The van der Waals surface area contributed by atoms with E-state index in [1.807, 2.05) is 47.0 Å². The van der Waals surface area contributed by atoms with Gasteiger partial charge in [0.15, 0.2) is 0 Å². The molecule has 2 aliphatic heterocycles. The van der Waals surface area contributed by atoms with Gasteiger partial charge in [-0.1, -0.05) is 36.4 Å². The summed E-state index contributed by atoms with van der Waals surface area (Å²) in [5.74, 6) is 0.850. The normalized spacial score (nSPS) is 20.2. The van der Waals surface area contributed by atoms with Crippen LogP contribution in [0.2, 0.25) is 0 Å². The van der Waals surface area contributed by atoms with E-state index in [4.69, 9.17) is 4.42 Å². The van der Waals surface area contributed by atoms with E-state index in [1.165, 1.54) is 0 Å². The number of para-hydroxylation sites is 1. The summed E-state index contributed by atoms with van der Waals surface area (Å²) < 4.78 is 36.0. The van der Waals surface area contributed by atoms with Gasteiger partial charge in [-0.15, -0.1) is 0 Å². The predicted octanol–water partition coefficient (Wildman–Crippen LogP) is 4.01. The maximum Gasteiger partial charge on any atom is 0.250 e. The molecule has 0 radical (unpaired) electrons. The van der Waals surface area contributed by atoms with E-state index in [2.05, 4.69) is 5.32 Å². The monoisotopic (exact) mass is 475 g/mol. The topological polar surface area (TPSA) is 84.6 Å². The van der Waals surface area contributed by atoms with E-state index >= 15 is 0 Å². The highest BCUT2D eigenvalue weighted by molar-refractivity contribution is 7.89. The van der Waals surface area contributed by atoms with Gasteiger partial charge in [0.1, 0.15) is 11.3 Å². The van der Waals surface area contributed by atoms with Gasteiger partial charge in [-0.3, -0.25) is 4.79 Å². The highest BCUT2D eigenvalue weighted by Gasteiger charge is 2.40. The van der Waals surface area contributed by atoms with Crippen molar-refractivity contribution in [1.29, 1.82) is 0 Å². The van der Waals surface area contributed by atoms with Crippen molar-refractivity contribution in [2.45, 2.75) is 30.3 Å². The van der Waals surface area contributed by atoms with Crippen LogP contribution in [0, 0.1) is 5.92 Å². The summed E-state index contributed by atoms with van der Waals surface area (Å²) in [5.41, 5.74) is 2.52. The summed E-state index contributed by atoms with van der Waals surface area (Å²) in [7, 11) is -3.59. The van der Waals surface area contributed by atoms with Crippen molar-refractivity contribution in [1.82, 2.24) is 8.87 Å². The van der Waals surface area contributed by atoms with Crippen molar-refractivity contribution >= 4 is 26.7 Å². The van der Waals surface area contributed by atoms with Gasteiger partial charge in [0, 0.05) is 42.7 Å². The Morgan fingerprint density at radius 1 is 0.941 bits per heavy atom. The third-order valence-electron chi connectivity index (χ3n) is 6.87. The van der Waals surface area contributed by atoms with Crippen LogP contribution in [0.4, 0.5) is 5.69 Å². The first-order valence-electron chi connectivity index (χ1n) is 11.5. The van der Waals surface area contributed by atoms with Crippen LogP contribution in [0.15, 0.2) is 86.9 Å². The van der Waals surface area contributed by atoms with Gasteiger partial charge in [-0.05, 0) is 42.7 Å². The molecule has 7 nitrogen and oxygen atoms in total. The zero-order valence-electron chi connectivity index (χ0n) is 18.6. The Labute approximate surface area is 197 Å². The Morgan fingerprint density at radius 2 is 1.74 bits per heavy atom. The SMILES string of the molecule is O=c1ccc(NCc2cc3ccccc3o2)c2n1C[C@@H]1C[C@@H]2CN(S(=O)(=O)c2ccccc2)C1. The highest BCUT2D eigenvalue weighted by Crippen LogP contribution is 2.40. The molecule has 2 aromatic carbocycles. The standard InChI is InChI=1S/C26H25N3O4S/c30-25-11-10-23(27-14-21-13-19-6-4-5-9-24(19)33-21)26-20-12-18(16-29(25)26)15-28(17-20)34(31,32)22-7-2-1-3-8-22/h1-11,13,18,20,27H,12,14-17H2/t18-,20-/m1/s1. The minimum atomic E-state index is -3.59. The van der Waals surface area contributed by atoms with E-state index in [-0.39, 0.29) is 17.4 Å². The molecule has 0 spiro atoms. The number of nitrogens with zero attached hydrogens (tertiary/aromatic N) is 2. The molecule has 2 bridgehead atoms. The molecule has 0 amide bonds. The van der Waals surface area contributed by atoms with Crippen LogP contribution < -0.4 is 10.9 Å². The summed E-state index contributed by atoms with van der Waals surface area (Å²) in [6.07, 6.45) is 0.865. The van der Waals surface area contributed by atoms with Gasteiger partial charge in [-0.2, -0.15) is 4.31 Å². The number of fused-ring (bicyclic) bond motifs is 5. The molecule has 1 N–H and O–H groups in total. The molecule has 34 heavy (non-hydrogen) atoms. The van der Waals surface area contributed by atoms with Gasteiger partial charge in [0.25, 0.3) is 5.56 Å². The second-order valence-corrected chi connectivity index (χ2v) is 11.1. The number of sulfonamides is 1. The first kappa shape index (κ1) is 21.2. The summed E-state index contributed by atoms with van der Waals surface area (Å²) >= 11 is 0. The first-order chi connectivity index (χ1) is 16.5. The van der Waals surface area contributed by atoms with Crippen molar-refractivity contribution < 1.29 is 12.8 Å². The zero-order chi connectivity index (χ0) is 23.3. The zero-order valence-corrected chi connectivity index (χ0v) is 19.4. The van der Waals surface area contributed by atoms with Crippen molar-refractivity contribution in [2.75, 3.05) is 18.4 Å². The van der Waals surface area contributed by atoms with Gasteiger partial charge < -0.3 is 14.3 Å². The Morgan fingerprint density at radius 3 is 2.56 bits per heavy atom. The molecule has 4 heterocycles. The molecule has 1 fully saturated rings. The second kappa shape index (κ2) is 8.14. The summed E-state index contributed by atoms with van der Waals surface area (Å²) in [6, 6.07) is 21.8. The molecule has 2 atom stereocenters. The molecule has 174 valence electrons. The van der Waals surface area contributed by atoms with Crippen molar-refractivity contribution in [2.24, 2.45) is 5.92 Å². The van der Waals surface area contributed by atoms with Crippen molar-refractivity contribution in [3.63, 3.8) is 0 Å². The van der Waals surface area contributed by atoms with Crippen LogP contribution in [-0.4, -0.2) is 30.4 Å². The minimum Gasteiger partial charge on any atom is -0.459 e. The lowest BCUT2D eigenvalue weighted by atomic mass is 9.83. The number of piperidine rings is 1. The molecule has 0 unspecified atom stereocenters. The van der Waals surface area contributed by atoms with E-state index in [1.54, 1.807) is 34.6 Å². The third-order valence-corrected chi connectivity index (χ3v) is 8.71. The number of hydrogen-bond donors (Lipinski definition) is 1. The Kier molecular flexibility index (Phi) is 5.08. The van der Waals surface area contributed by atoms with Gasteiger partial charge in [-0.25, -0.2) is 8.42 Å². The lowest BCUT2D eigenvalue weighted by Gasteiger charge is -2.42. The molecule has 0 saturated carbocycles. The first-order valence-corrected chi connectivity index (χ1v) is 12.9. The molecule has 1 saturated heterocycles. The Hall–Kier alpha value is -3.36. The molecular weight excluding hydrogens is 450 g/mol. The van der Waals surface area contributed by atoms with Crippen LogP contribution in [-0.2, 0) is 23.1 Å². The van der Waals surface area contributed by atoms with Gasteiger partial charge in [0.05, 0.1) is 17.1 Å². The van der Waals surface area contributed by atoms with E-state index < -0.39 is 10.0 Å². The summed E-state index contributed by atoms with van der Waals surface area (Å²) in [4.78, 5) is 13.0. The molecule has 6 rings (SSSR count).